The summed E-state index contributed by atoms with van der Waals surface area (Å²) in [4.78, 5) is 12.8. The van der Waals surface area contributed by atoms with Crippen molar-refractivity contribution in [2.24, 2.45) is 0 Å². The summed E-state index contributed by atoms with van der Waals surface area (Å²) < 4.78 is 0. The van der Waals surface area contributed by atoms with Crippen molar-refractivity contribution in [3.8, 4) is 6.07 Å². The van der Waals surface area contributed by atoms with Crippen molar-refractivity contribution in [1.29, 1.82) is 5.26 Å². The van der Waals surface area contributed by atoms with Crippen LogP contribution in [0.3, 0.4) is 0 Å². The van der Waals surface area contributed by atoms with Crippen LogP contribution in [0.4, 0.5) is 0 Å². The van der Waals surface area contributed by atoms with Gasteiger partial charge in [0.2, 0.25) is 0 Å². The number of aliphatic hydroxyl groups excluding tert-OH is 1. The number of hydrogen-bond acceptors (Lipinski definition) is 3. The highest BCUT2D eigenvalue weighted by Gasteiger charge is 2.30. The molecule has 0 spiro atoms. The molecule has 0 fully saturated rings. The van der Waals surface area contributed by atoms with Gasteiger partial charge in [0.1, 0.15) is 17.9 Å². The third kappa shape index (κ3) is 1.56. The van der Waals surface area contributed by atoms with E-state index in [0.717, 1.165) is 0 Å². The lowest BCUT2D eigenvalue weighted by Crippen LogP contribution is -2.44. The molecule has 1 N–H and O–H groups in total. The predicted octanol–water partition coefficient (Wildman–Crippen LogP) is 0.397. The highest BCUT2D eigenvalue weighted by Crippen LogP contribution is 2.21. The summed E-state index contributed by atoms with van der Waals surface area (Å²) in [6, 6.07) is 1.87. The van der Waals surface area contributed by atoms with Gasteiger partial charge < -0.3 is 10.0 Å². The smallest absolute Gasteiger partial charge is 0.266 e. The molecule has 0 aromatic carbocycles. The van der Waals surface area contributed by atoms with Crippen LogP contribution in [-0.4, -0.2) is 28.7 Å². The molecule has 0 aromatic rings. The van der Waals surface area contributed by atoms with Gasteiger partial charge in [-0.05, 0) is 19.4 Å². The van der Waals surface area contributed by atoms with Gasteiger partial charge in [0.25, 0.3) is 5.91 Å². The minimum atomic E-state index is -0.769. The quantitative estimate of drug-likeness (QED) is 0.635. The van der Waals surface area contributed by atoms with Crippen molar-refractivity contribution in [2.45, 2.75) is 26.5 Å². The fourth-order valence-electron chi connectivity index (χ4n) is 1.45. The molecule has 1 amide bonds. The van der Waals surface area contributed by atoms with Gasteiger partial charge in [-0.25, -0.2) is 0 Å². The van der Waals surface area contributed by atoms with E-state index >= 15 is 0 Å². The molecule has 1 aliphatic rings. The van der Waals surface area contributed by atoms with E-state index < -0.39 is 6.23 Å². The second kappa shape index (κ2) is 3.58. The molecule has 0 aromatic heterocycles. The zero-order chi connectivity index (χ0) is 10.0. The summed E-state index contributed by atoms with van der Waals surface area (Å²) in [6.07, 6.45) is -0.391. The molecule has 1 heterocycles. The first-order chi connectivity index (χ1) is 6.11. The number of likely N-dealkylation sites (N-methyl/N-ethyl adjacent to an activating group) is 1. The number of nitriles is 1. The topological polar surface area (TPSA) is 64.3 Å². The molecule has 0 radical (unpaired) electrons. The first kappa shape index (κ1) is 9.75. The summed E-state index contributed by atoms with van der Waals surface area (Å²) in [7, 11) is 0. The minimum absolute atomic E-state index is 0.173. The number of nitrogens with zero attached hydrogens (tertiary/aromatic N) is 2. The number of carbonyl (C=O) groups excluding carboxylic acids is 1. The molecule has 1 aliphatic heterocycles. The lowest BCUT2D eigenvalue weighted by Gasteiger charge is -2.31. The highest BCUT2D eigenvalue weighted by atomic mass is 16.3. The van der Waals surface area contributed by atoms with E-state index in [1.807, 2.05) is 6.07 Å². The van der Waals surface area contributed by atoms with Crippen LogP contribution in [0.25, 0.3) is 0 Å². The maximum absolute atomic E-state index is 11.5. The first-order valence-corrected chi connectivity index (χ1v) is 4.20. The van der Waals surface area contributed by atoms with E-state index in [2.05, 4.69) is 0 Å². The van der Waals surface area contributed by atoms with Crippen molar-refractivity contribution in [1.82, 2.24) is 4.90 Å². The Balaban J connectivity index is 3.04. The van der Waals surface area contributed by atoms with Crippen LogP contribution in [0.2, 0.25) is 0 Å². The number of carbonyl (C=O) groups is 1. The molecule has 1 unspecified atom stereocenters. The van der Waals surface area contributed by atoms with Crippen molar-refractivity contribution in [2.75, 3.05) is 6.54 Å². The molecule has 4 heteroatoms. The van der Waals surface area contributed by atoms with Gasteiger partial charge in [-0.1, -0.05) is 0 Å². The minimum Gasteiger partial charge on any atom is -0.373 e. The monoisotopic (exact) mass is 180 g/mol. The number of aliphatic hydroxyl groups is 1. The normalized spacial score (nSPS) is 23.4. The first-order valence-electron chi connectivity index (χ1n) is 4.20. The van der Waals surface area contributed by atoms with Gasteiger partial charge >= 0.3 is 0 Å². The number of rotatable bonds is 1. The standard InChI is InChI=1S/C9H12N2O2/c1-3-11-8(12)4-6(2)7(5-10)9(11)13/h8,12H,3-4H2,1-2H3. The lowest BCUT2D eigenvalue weighted by atomic mass is 10.0. The molecule has 4 nitrogen and oxygen atoms in total. The van der Waals surface area contributed by atoms with Crippen LogP contribution in [0.1, 0.15) is 20.3 Å². The second-order valence-electron chi connectivity index (χ2n) is 3.04. The average molecular weight is 180 g/mol. The van der Waals surface area contributed by atoms with E-state index in [0.29, 0.717) is 18.5 Å². The van der Waals surface area contributed by atoms with Crippen LogP contribution >= 0.6 is 0 Å². The van der Waals surface area contributed by atoms with E-state index in [1.54, 1.807) is 13.8 Å². The van der Waals surface area contributed by atoms with Crippen molar-refractivity contribution in [3.63, 3.8) is 0 Å². The molecule has 0 saturated carbocycles. The van der Waals surface area contributed by atoms with Gasteiger partial charge in [-0.15, -0.1) is 0 Å². The molecular weight excluding hydrogens is 168 g/mol. The Morgan fingerprint density at radius 1 is 1.77 bits per heavy atom. The van der Waals surface area contributed by atoms with E-state index in [4.69, 9.17) is 5.26 Å². The Bertz CT molecular complexity index is 301. The molecule has 0 saturated heterocycles. The Hall–Kier alpha value is -1.34. The van der Waals surface area contributed by atoms with Crippen molar-refractivity contribution >= 4 is 5.91 Å². The average Bonchev–Trinajstić information content (AvgIpc) is 2.04. The molecular formula is C9H12N2O2. The van der Waals surface area contributed by atoms with Gasteiger partial charge in [-0.3, -0.25) is 4.79 Å². The molecule has 1 rings (SSSR count). The maximum Gasteiger partial charge on any atom is 0.266 e. The predicted molar refractivity (Wildman–Crippen MR) is 46.3 cm³/mol. The van der Waals surface area contributed by atoms with Crippen LogP contribution in [0.5, 0.6) is 0 Å². The molecule has 0 aliphatic carbocycles. The fraction of sp³-hybridized carbons (Fsp3) is 0.556. The molecule has 13 heavy (non-hydrogen) atoms. The van der Waals surface area contributed by atoms with Gasteiger partial charge in [0.15, 0.2) is 0 Å². The largest absolute Gasteiger partial charge is 0.373 e. The Morgan fingerprint density at radius 3 is 2.85 bits per heavy atom. The summed E-state index contributed by atoms with van der Waals surface area (Å²) in [6.45, 7) is 3.90. The lowest BCUT2D eigenvalue weighted by molar-refractivity contribution is -0.137. The number of hydrogen-bond donors (Lipinski definition) is 1. The zero-order valence-corrected chi connectivity index (χ0v) is 7.74. The fourth-order valence-corrected chi connectivity index (χ4v) is 1.45. The van der Waals surface area contributed by atoms with Crippen LogP contribution in [-0.2, 0) is 4.79 Å². The number of amides is 1. The molecule has 1 atom stereocenters. The van der Waals surface area contributed by atoms with E-state index in [1.165, 1.54) is 4.90 Å². The van der Waals surface area contributed by atoms with Gasteiger partial charge in [-0.2, -0.15) is 5.26 Å². The maximum atomic E-state index is 11.5. The SMILES string of the molecule is CCN1C(=O)C(C#N)=C(C)CC1O. The van der Waals surface area contributed by atoms with Crippen molar-refractivity contribution < 1.29 is 9.90 Å². The summed E-state index contributed by atoms with van der Waals surface area (Å²) in [5.41, 5.74) is 0.844. The van der Waals surface area contributed by atoms with Crippen molar-refractivity contribution in [3.05, 3.63) is 11.1 Å². The molecule has 0 bridgehead atoms. The highest BCUT2D eigenvalue weighted by molar-refractivity contribution is 5.98. The third-order valence-electron chi connectivity index (χ3n) is 2.20. The van der Waals surface area contributed by atoms with Gasteiger partial charge in [0.05, 0.1) is 0 Å². The summed E-state index contributed by atoms with van der Waals surface area (Å²) in [5.74, 6) is -0.360. The van der Waals surface area contributed by atoms with E-state index in [-0.39, 0.29) is 11.5 Å². The Labute approximate surface area is 77.1 Å². The second-order valence-corrected chi connectivity index (χ2v) is 3.04. The third-order valence-corrected chi connectivity index (χ3v) is 2.20. The Kier molecular flexibility index (Phi) is 2.69. The van der Waals surface area contributed by atoms with E-state index in [9.17, 15) is 9.90 Å². The van der Waals surface area contributed by atoms with Gasteiger partial charge in [0, 0.05) is 13.0 Å². The summed E-state index contributed by atoms with van der Waals surface area (Å²) >= 11 is 0. The van der Waals surface area contributed by atoms with Crippen LogP contribution in [0.15, 0.2) is 11.1 Å². The Morgan fingerprint density at radius 2 is 2.38 bits per heavy atom. The molecule has 70 valence electrons. The van der Waals surface area contributed by atoms with Crippen LogP contribution < -0.4 is 0 Å². The zero-order valence-electron chi connectivity index (χ0n) is 7.74. The summed E-state index contributed by atoms with van der Waals surface area (Å²) in [5, 5.41) is 18.2. The van der Waals surface area contributed by atoms with Crippen LogP contribution in [0, 0.1) is 11.3 Å².